The molecule has 0 aliphatic carbocycles. The fourth-order valence-corrected chi connectivity index (χ4v) is 2.65. The molecule has 3 rings (SSSR count). The maximum atomic E-state index is 14.6. The van der Waals surface area contributed by atoms with Crippen LogP contribution in [-0.2, 0) is 9.47 Å². The largest absolute Gasteiger partial charge is 0.497 e. The first-order chi connectivity index (χ1) is 12.0. The highest BCUT2D eigenvalue weighted by Crippen LogP contribution is 2.38. The maximum Gasteiger partial charge on any atom is 0.280 e. The van der Waals surface area contributed by atoms with Crippen molar-refractivity contribution in [1.82, 2.24) is 0 Å². The van der Waals surface area contributed by atoms with Crippen LogP contribution in [0.4, 0.5) is 10.1 Å². The van der Waals surface area contributed by atoms with Gasteiger partial charge in [-0.2, -0.15) is 0 Å². The zero-order valence-electron chi connectivity index (χ0n) is 13.7. The number of nitrogens with zero attached hydrogens (tertiary/aromatic N) is 1. The Bertz CT molecular complexity index is 782. The molecule has 1 saturated heterocycles. The van der Waals surface area contributed by atoms with Crippen molar-refractivity contribution in [2.75, 3.05) is 27.4 Å². The number of ether oxygens (including phenoxy) is 4. The van der Waals surface area contributed by atoms with E-state index in [2.05, 4.69) is 0 Å². The lowest BCUT2D eigenvalue weighted by Gasteiger charge is -2.14. The van der Waals surface area contributed by atoms with E-state index in [4.69, 9.17) is 18.9 Å². The van der Waals surface area contributed by atoms with Crippen LogP contribution in [0.15, 0.2) is 30.3 Å². The summed E-state index contributed by atoms with van der Waals surface area (Å²) in [4.78, 5) is 10.6. The quantitative estimate of drug-likeness (QED) is 0.607. The van der Waals surface area contributed by atoms with Gasteiger partial charge in [-0.3, -0.25) is 10.1 Å². The van der Waals surface area contributed by atoms with Crippen molar-refractivity contribution >= 4 is 5.69 Å². The number of halogens is 1. The number of benzene rings is 2. The van der Waals surface area contributed by atoms with Crippen LogP contribution in [-0.4, -0.2) is 32.4 Å². The van der Waals surface area contributed by atoms with Crippen molar-refractivity contribution < 1.29 is 28.3 Å². The van der Waals surface area contributed by atoms with Gasteiger partial charge in [0.05, 0.1) is 44.0 Å². The number of hydrogen-bond donors (Lipinski definition) is 0. The first kappa shape index (κ1) is 17.1. The van der Waals surface area contributed by atoms with Crippen molar-refractivity contribution in [3.8, 4) is 22.6 Å². The molecule has 25 heavy (non-hydrogen) atoms. The van der Waals surface area contributed by atoms with Gasteiger partial charge in [-0.25, -0.2) is 4.39 Å². The number of nitro benzene ring substituents is 1. The monoisotopic (exact) mass is 349 g/mol. The Hall–Kier alpha value is -2.71. The number of rotatable bonds is 5. The Morgan fingerprint density at radius 3 is 2.20 bits per heavy atom. The summed E-state index contributed by atoms with van der Waals surface area (Å²) in [5.41, 5.74) is 0.406. The molecule has 0 unspecified atom stereocenters. The predicted molar refractivity (Wildman–Crippen MR) is 86.2 cm³/mol. The first-order valence-electron chi connectivity index (χ1n) is 7.48. The zero-order valence-corrected chi connectivity index (χ0v) is 13.7. The standard InChI is InChI=1S/C17H16FNO6/c1-22-11-5-10(6-12(7-11)23-2)13-8-14(17-24-3-4-25-17)16(19(20)21)9-15(13)18/h5-9,17H,3-4H2,1-2H3. The Morgan fingerprint density at radius 2 is 1.68 bits per heavy atom. The van der Waals surface area contributed by atoms with Crippen molar-refractivity contribution in [2.45, 2.75) is 6.29 Å². The highest BCUT2D eigenvalue weighted by atomic mass is 19.1. The summed E-state index contributed by atoms with van der Waals surface area (Å²) in [5.74, 6) is 0.216. The molecule has 7 nitrogen and oxygen atoms in total. The second kappa shape index (κ2) is 7.04. The zero-order chi connectivity index (χ0) is 18.0. The van der Waals surface area contributed by atoms with Gasteiger partial charge in [0.2, 0.25) is 0 Å². The van der Waals surface area contributed by atoms with Gasteiger partial charge in [0.1, 0.15) is 17.3 Å². The summed E-state index contributed by atoms with van der Waals surface area (Å²) >= 11 is 0. The Balaban J connectivity index is 2.16. The van der Waals surface area contributed by atoms with E-state index >= 15 is 0 Å². The van der Waals surface area contributed by atoms with Gasteiger partial charge in [0, 0.05) is 11.6 Å². The predicted octanol–water partition coefficient (Wildman–Crippen LogP) is 3.46. The Labute approximate surface area is 143 Å². The van der Waals surface area contributed by atoms with Gasteiger partial charge in [0.15, 0.2) is 6.29 Å². The van der Waals surface area contributed by atoms with E-state index in [1.807, 2.05) is 0 Å². The van der Waals surface area contributed by atoms with Crippen LogP contribution in [0.3, 0.4) is 0 Å². The van der Waals surface area contributed by atoms with Crippen LogP contribution in [0.5, 0.6) is 11.5 Å². The summed E-state index contributed by atoms with van der Waals surface area (Å²) in [6, 6.07) is 7.13. The van der Waals surface area contributed by atoms with Crippen LogP contribution in [0.25, 0.3) is 11.1 Å². The van der Waals surface area contributed by atoms with Crippen LogP contribution < -0.4 is 9.47 Å². The molecule has 1 heterocycles. The van der Waals surface area contributed by atoms with E-state index in [0.717, 1.165) is 6.07 Å². The summed E-state index contributed by atoms with van der Waals surface area (Å²) < 4.78 is 35.7. The van der Waals surface area contributed by atoms with Gasteiger partial charge in [-0.05, 0) is 23.8 Å². The van der Waals surface area contributed by atoms with Crippen LogP contribution >= 0.6 is 0 Å². The van der Waals surface area contributed by atoms with Gasteiger partial charge >= 0.3 is 0 Å². The fourth-order valence-electron chi connectivity index (χ4n) is 2.65. The molecule has 2 aromatic rings. The van der Waals surface area contributed by atoms with Crippen LogP contribution in [0.1, 0.15) is 11.9 Å². The molecule has 0 radical (unpaired) electrons. The SMILES string of the molecule is COc1cc(OC)cc(-c2cc(C3OCCO3)c([N+](=O)[O-])cc2F)c1. The Morgan fingerprint density at radius 1 is 1.08 bits per heavy atom. The van der Waals surface area contributed by atoms with Gasteiger partial charge < -0.3 is 18.9 Å². The van der Waals surface area contributed by atoms with Crippen molar-refractivity contribution in [2.24, 2.45) is 0 Å². The first-order valence-corrected chi connectivity index (χ1v) is 7.48. The number of methoxy groups -OCH3 is 2. The van der Waals surface area contributed by atoms with Crippen LogP contribution in [0, 0.1) is 15.9 Å². The topological polar surface area (TPSA) is 80.1 Å². The molecule has 8 heteroatoms. The highest BCUT2D eigenvalue weighted by molar-refractivity contribution is 5.70. The fraction of sp³-hybridized carbons (Fsp3) is 0.294. The number of hydrogen-bond acceptors (Lipinski definition) is 6. The molecule has 0 N–H and O–H groups in total. The van der Waals surface area contributed by atoms with E-state index in [-0.39, 0.29) is 16.8 Å². The highest BCUT2D eigenvalue weighted by Gasteiger charge is 2.29. The normalized spacial score (nSPS) is 14.5. The molecule has 0 atom stereocenters. The summed E-state index contributed by atoms with van der Waals surface area (Å²) in [5, 5.41) is 11.3. The van der Waals surface area contributed by atoms with Crippen molar-refractivity contribution in [1.29, 1.82) is 0 Å². The van der Waals surface area contributed by atoms with Crippen molar-refractivity contribution in [3.05, 3.63) is 51.8 Å². The van der Waals surface area contributed by atoms with Gasteiger partial charge in [0.25, 0.3) is 5.69 Å². The minimum atomic E-state index is -0.896. The molecule has 0 amide bonds. The van der Waals surface area contributed by atoms with Gasteiger partial charge in [-0.1, -0.05) is 0 Å². The lowest BCUT2D eigenvalue weighted by molar-refractivity contribution is -0.386. The smallest absolute Gasteiger partial charge is 0.280 e. The molecular weight excluding hydrogens is 333 g/mol. The summed E-state index contributed by atoms with van der Waals surface area (Å²) in [6.45, 7) is 0.642. The average Bonchev–Trinajstić information content (AvgIpc) is 3.15. The van der Waals surface area contributed by atoms with E-state index < -0.39 is 17.0 Å². The second-order valence-electron chi connectivity index (χ2n) is 5.32. The lowest BCUT2D eigenvalue weighted by Crippen LogP contribution is -2.05. The molecular formula is C17H16FNO6. The number of nitro groups is 1. The van der Waals surface area contributed by atoms with Crippen LogP contribution in [0.2, 0.25) is 0 Å². The summed E-state index contributed by atoms with van der Waals surface area (Å²) in [7, 11) is 2.97. The molecule has 2 aromatic carbocycles. The van der Waals surface area contributed by atoms with E-state index in [0.29, 0.717) is 30.3 Å². The third-order valence-corrected chi connectivity index (χ3v) is 3.85. The molecule has 132 valence electrons. The third kappa shape index (κ3) is 3.40. The maximum absolute atomic E-state index is 14.6. The lowest BCUT2D eigenvalue weighted by atomic mass is 10.00. The molecule has 0 saturated carbocycles. The third-order valence-electron chi connectivity index (χ3n) is 3.85. The summed E-state index contributed by atoms with van der Waals surface area (Å²) in [6.07, 6.45) is -0.896. The van der Waals surface area contributed by atoms with Crippen molar-refractivity contribution in [3.63, 3.8) is 0 Å². The molecule has 1 fully saturated rings. The molecule has 1 aliphatic heterocycles. The van der Waals surface area contributed by atoms with Gasteiger partial charge in [-0.15, -0.1) is 0 Å². The minimum absolute atomic E-state index is 0.164. The van der Waals surface area contributed by atoms with E-state index in [9.17, 15) is 14.5 Å². The second-order valence-corrected chi connectivity index (χ2v) is 5.32. The van der Waals surface area contributed by atoms with E-state index in [1.165, 1.54) is 20.3 Å². The molecule has 0 bridgehead atoms. The van der Waals surface area contributed by atoms with E-state index in [1.54, 1.807) is 18.2 Å². The molecule has 0 spiro atoms. The average molecular weight is 349 g/mol. The molecule has 1 aliphatic rings. The molecule has 0 aromatic heterocycles. The minimum Gasteiger partial charge on any atom is -0.497 e. The Kier molecular flexibility index (Phi) is 4.82.